The second-order valence-corrected chi connectivity index (χ2v) is 5.68. The molecule has 24 heavy (non-hydrogen) atoms. The van der Waals surface area contributed by atoms with E-state index in [-0.39, 0.29) is 18.7 Å². The molecule has 128 valence electrons. The fourth-order valence-electron chi connectivity index (χ4n) is 2.76. The quantitative estimate of drug-likeness (QED) is 0.866. The fraction of sp³-hybridized carbons (Fsp3) is 0.375. The molecular formula is C16H15F3N2O3. The number of amides is 1. The Labute approximate surface area is 135 Å². The molecule has 5 nitrogen and oxygen atoms in total. The summed E-state index contributed by atoms with van der Waals surface area (Å²) in [5, 5.41) is 0.335. The molecule has 1 amide bonds. The summed E-state index contributed by atoms with van der Waals surface area (Å²) in [4.78, 5) is 28.9. The number of nitrogens with one attached hydrogen (secondary N) is 1. The summed E-state index contributed by atoms with van der Waals surface area (Å²) >= 11 is 0. The summed E-state index contributed by atoms with van der Waals surface area (Å²) in [5.74, 6) is -0.725. The molecule has 1 N–H and O–H groups in total. The Morgan fingerprint density at radius 1 is 1.38 bits per heavy atom. The van der Waals surface area contributed by atoms with Gasteiger partial charge in [0.05, 0.1) is 18.7 Å². The number of halogens is 3. The Hall–Kier alpha value is -2.35. The first kappa shape index (κ1) is 16.5. The number of aromatic nitrogens is 1. The number of alkyl halides is 3. The largest absolute Gasteiger partial charge is 0.416 e. The van der Waals surface area contributed by atoms with Gasteiger partial charge in [0.1, 0.15) is 5.56 Å². The van der Waals surface area contributed by atoms with E-state index in [0.717, 1.165) is 10.5 Å². The number of hydrogen-bond donors (Lipinski definition) is 1. The third-order valence-electron chi connectivity index (χ3n) is 4.07. The second kappa shape index (κ2) is 5.94. The number of benzene rings is 1. The number of fused-ring (bicyclic) bond motifs is 1. The number of para-hydroxylation sites is 1. The number of morpholine rings is 1. The topological polar surface area (TPSA) is 62.4 Å². The van der Waals surface area contributed by atoms with E-state index < -0.39 is 30.2 Å². The minimum Gasteiger partial charge on any atom is -0.365 e. The van der Waals surface area contributed by atoms with Crippen LogP contribution in [0.4, 0.5) is 13.2 Å². The first-order valence-electron chi connectivity index (χ1n) is 7.37. The van der Waals surface area contributed by atoms with Crippen LogP contribution in [0.3, 0.4) is 0 Å². The van der Waals surface area contributed by atoms with E-state index in [4.69, 9.17) is 0 Å². The van der Waals surface area contributed by atoms with Crippen molar-refractivity contribution in [3.05, 3.63) is 45.7 Å². The lowest BCUT2D eigenvalue weighted by Crippen LogP contribution is -2.51. The second-order valence-electron chi connectivity index (χ2n) is 5.68. The van der Waals surface area contributed by atoms with Gasteiger partial charge in [-0.05, 0) is 18.6 Å². The molecule has 3 rings (SSSR count). The van der Waals surface area contributed by atoms with Crippen molar-refractivity contribution in [1.82, 2.24) is 9.88 Å². The predicted octanol–water partition coefficient (Wildman–Crippen LogP) is 2.24. The van der Waals surface area contributed by atoms with Crippen LogP contribution in [-0.4, -0.2) is 47.8 Å². The number of pyridine rings is 1. The lowest BCUT2D eigenvalue weighted by Gasteiger charge is -2.33. The molecule has 0 bridgehead atoms. The van der Waals surface area contributed by atoms with Gasteiger partial charge in [0, 0.05) is 18.1 Å². The van der Waals surface area contributed by atoms with Crippen LogP contribution in [0.5, 0.6) is 0 Å². The van der Waals surface area contributed by atoms with Gasteiger partial charge >= 0.3 is 6.18 Å². The maximum Gasteiger partial charge on any atom is 0.416 e. The van der Waals surface area contributed by atoms with Gasteiger partial charge in [-0.1, -0.05) is 12.1 Å². The number of hydrogen-bond acceptors (Lipinski definition) is 3. The number of H-pyrrole nitrogens is 1. The number of aromatic amines is 1. The third-order valence-corrected chi connectivity index (χ3v) is 4.07. The van der Waals surface area contributed by atoms with E-state index in [2.05, 4.69) is 9.72 Å². The van der Waals surface area contributed by atoms with E-state index in [0.29, 0.717) is 10.9 Å². The number of carbonyl (C=O) groups is 1. The molecule has 2 aromatic rings. The van der Waals surface area contributed by atoms with Crippen LogP contribution < -0.4 is 5.43 Å². The Morgan fingerprint density at radius 2 is 2.12 bits per heavy atom. The standard InChI is InChI=1S/C16H15F3N2O3/c1-9-3-2-4-10-13(9)20-7-11(14(10)22)15(23)21-5-6-24-12(8-21)16(17,18)19/h2-4,7,12H,5-6,8H2,1H3,(H,20,22)/t12-/m0/s1. The maximum atomic E-state index is 12.8. The van der Waals surface area contributed by atoms with Crippen LogP contribution in [0.2, 0.25) is 0 Å². The molecule has 2 heterocycles. The molecule has 1 aromatic carbocycles. The highest BCUT2D eigenvalue weighted by molar-refractivity contribution is 5.97. The van der Waals surface area contributed by atoms with E-state index >= 15 is 0 Å². The van der Waals surface area contributed by atoms with Crippen LogP contribution in [0.1, 0.15) is 15.9 Å². The average Bonchev–Trinajstić information content (AvgIpc) is 2.55. The summed E-state index contributed by atoms with van der Waals surface area (Å²) in [5.41, 5.74) is 0.782. The number of nitrogens with zero attached hydrogens (tertiary/aromatic N) is 1. The van der Waals surface area contributed by atoms with Crippen LogP contribution in [-0.2, 0) is 4.74 Å². The number of ether oxygens (including phenoxy) is 1. The van der Waals surface area contributed by atoms with Crippen molar-refractivity contribution in [2.45, 2.75) is 19.2 Å². The minimum absolute atomic E-state index is 0.0106. The van der Waals surface area contributed by atoms with Gasteiger partial charge in [0.25, 0.3) is 5.91 Å². The SMILES string of the molecule is Cc1cccc2c(=O)c(C(=O)N3CCO[C@H](C(F)(F)F)C3)c[nH]c12. The van der Waals surface area contributed by atoms with Crippen LogP contribution in [0.15, 0.2) is 29.2 Å². The molecule has 0 aliphatic carbocycles. The van der Waals surface area contributed by atoms with Gasteiger partial charge in [-0.15, -0.1) is 0 Å². The van der Waals surface area contributed by atoms with Crippen molar-refractivity contribution in [3.63, 3.8) is 0 Å². The molecule has 0 saturated carbocycles. The smallest absolute Gasteiger partial charge is 0.365 e. The average molecular weight is 340 g/mol. The van der Waals surface area contributed by atoms with Crippen molar-refractivity contribution < 1.29 is 22.7 Å². The highest BCUT2D eigenvalue weighted by Crippen LogP contribution is 2.26. The zero-order chi connectivity index (χ0) is 17.5. The van der Waals surface area contributed by atoms with Gasteiger partial charge in [-0.25, -0.2) is 0 Å². The zero-order valence-corrected chi connectivity index (χ0v) is 12.8. The molecule has 0 spiro atoms. The van der Waals surface area contributed by atoms with Crippen molar-refractivity contribution in [3.8, 4) is 0 Å². The van der Waals surface area contributed by atoms with Gasteiger partial charge in [0.2, 0.25) is 5.43 Å². The fourth-order valence-corrected chi connectivity index (χ4v) is 2.76. The molecule has 1 fully saturated rings. The molecule has 1 aliphatic heterocycles. The van der Waals surface area contributed by atoms with Gasteiger partial charge < -0.3 is 14.6 Å². The summed E-state index contributed by atoms with van der Waals surface area (Å²) in [6.07, 6.45) is -5.32. The number of rotatable bonds is 1. The van der Waals surface area contributed by atoms with Gasteiger partial charge in [-0.3, -0.25) is 9.59 Å². The Balaban J connectivity index is 1.94. The molecule has 1 aliphatic rings. The highest BCUT2D eigenvalue weighted by atomic mass is 19.4. The van der Waals surface area contributed by atoms with E-state index in [1.165, 1.54) is 6.20 Å². The summed E-state index contributed by atoms with van der Waals surface area (Å²) in [6, 6.07) is 5.08. The van der Waals surface area contributed by atoms with Crippen LogP contribution in [0.25, 0.3) is 10.9 Å². The summed E-state index contributed by atoms with van der Waals surface area (Å²) < 4.78 is 43.0. The monoisotopic (exact) mass is 340 g/mol. The Kier molecular flexibility index (Phi) is 4.08. The van der Waals surface area contributed by atoms with E-state index in [1.54, 1.807) is 12.1 Å². The number of aryl methyl sites for hydroxylation is 1. The normalized spacial score (nSPS) is 18.8. The molecular weight excluding hydrogens is 325 g/mol. The van der Waals surface area contributed by atoms with Crippen LogP contribution >= 0.6 is 0 Å². The van der Waals surface area contributed by atoms with Gasteiger partial charge in [-0.2, -0.15) is 13.2 Å². The predicted molar refractivity (Wildman–Crippen MR) is 81.0 cm³/mol. The van der Waals surface area contributed by atoms with E-state index in [9.17, 15) is 22.8 Å². The zero-order valence-electron chi connectivity index (χ0n) is 12.8. The number of carbonyl (C=O) groups excluding carboxylic acids is 1. The van der Waals surface area contributed by atoms with Crippen LogP contribution in [0, 0.1) is 6.92 Å². The lowest BCUT2D eigenvalue weighted by molar-refractivity contribution is -0.233. The molecule has 1 aromatic heterocycles. The lowest BCUT2D eigenvalue weighted by atomic mass is 10.1. The molecule has 0 unspecified atom stereocenters. The highest BCUT2D eigenvalue weighted by Gasteiger charge is 2.44. The first-order chi connectivity index (χ1) is 11.3. The maximum absolute atomic E-state index is 12.8. The molecule has 8 heteroatoms. The summed E-state index contributed by atoms with van der Waals surface area (Å²) in [7, 11) is 0. The molecule has 1 atom stereocenters. The summed E-state index contributed by atoms with van der Waals surface area (Å²) in [6.45, 7) is 0.987. The van der Waals surface area contributed by atoms with E-state index in [1.807, 2.05) is 13.0 Å². The van der Waals surface area contributed by atoms with Crippen molar-refractivity contribution in [2.75, 3.05) is 19.7 Å². The molecule has 1 saturated heterocycles. The Bertz CT molecular complexity index is 845. The third kappa shape index (κ3) is 2.89. The van der Waals surface area contributed by atoms with Crippen molar-refractivity contribution in [1.29, 1.82) is 0 Å². The molecule has 0 radical (unpaired) electrons. The Morgan fingerprint density at radius 3 is 2.83 bits per heavy atom. The first-order valence-corrected chi connectivity index (χ1v) is 7.37. The minimum atomic E-state index is -4.55. The van der Waals surface area contributed by atoms with Gasteiger partial charge in [0.15, 0.2) is 6.10 Å². The van der Waals surface area contributed by atoms with Crippen molar-refractivity contribution in [2.24, 2.45) is 0 Å². The van der Waals surface area contributed by atoms with Crippen molar-refractivity contribution >= 4 is 16.8 Å².